The van der Waals surface area contributed by atoms with E-state index in [0.717, 1.165) is 38.9 Å². The van der Waals surface area contributed by atoms with E-state index in [2.05, 4.69) is 15.6 Å². The van der Waals surface area contributed by atoms with Gasteiger partial charge in [-0.2, -0.15) is 0 Å². The maximum absolute atomic E-state index is 12.7. The Bertz CT molecular complexity index is 1720. The minimum absolute atomic E-state index is 0.161. The molecular weight excluding hydrogens is 480 g/mol. The molecule has 0 atom stereocenters. The summed E-state index contributed by atoms with van der Waals surface area (Å²) in [7, 11) is 0. The largest absolute Gasteiger partial charge is 0.324 e. The predicted octanol–water partition coefficient (Wildman–Crippen LogP) is 6.82. The summed E-state index contributed by atoms with van der Waals surface area (Å²) < 4.78 is 2.04. The standard InChI is InChI=1S/C29H22N6OS/c1-19-7-5-11-22(17-19)32-28-30-14-13-24(33-28)26-25(34-29-35(26)15-16-37-29)21-10-6-12-23(18-21)31-27(36)20-8-3-2-4-9-20/h2-18H,1H3,(H,31,36)(H,30,32,33). The first-order chi connectivity index (χ1) is 18.1. The van der Waals surface area contributed by atoms with Gasteiger partial charge in [-0.25, -0.2) is 15.0 Å². The number of aromatic nitrogens is 4. The molecule has 0 radical (unpaired) electrons. The second kappa shape index (κ2) is 9.67. The topological polar surface area (TPSA) is 84.2 Å². The van der Waals surface area contributed by atoms with E-state index in [-0.39, 0.29) is 5.91 Å². The van der Waals surface area contributed by atoms with Crippen molar-refractivity contribution in [2.24, 2.45) is 0 Å². The molecule has 3 aromatic carbocycles. The van der Waals surface area contributed by atoms with Crippen molar-refractivity contribution < 1.29 is 4.79 Å². The van der Waals surface area contributed by atoms with Crippen LogP contribution in [0.2, 0.25) is 0 Å². The zero-order chi connectivity index (χ0) is 25.2. The maximum Gasteiger partial charge on any atom is 0.255 e. The zero-order valence-electron chi connectivity index (χ0n) is 19.9. The van der Waals surface area contributed by atoms with Crippen molar-refractivity contribution in [2.45, 2.75) is 6.92 Å². The van der Waals surface area contributed by atoms with Crippen molar-refractivity contribution in [1.82, 2.24) is 19.4 Å². The van der Waals surface area contributed by atoms with Crippen molar-refractivity contribution in [3.8, 4) is 22.6 Å². The molecule has 0 aliphatic heterocycles. The molecule has 7 nitrogen and oxygen atoms in total. The lowest BCUT2D eigenvalue weighted by molar-refractivity contribution is 0.102. The molecule has 0 saturated carbocycles. The molecule has 6 rings (SSSR count). The van der Waals surface area contributed by atoms with Gasteiger partial charge in [0.1, 0.15) is 5.69 Å². The number of carbonyl (C=O) groups excluding carboxylic acids is 1. The number of anilines is 3. The minimum Gasteiger partial charge on any atom is -0.324 e. The molecule has 0 fully saturated rings. The van der Waals surface area contributed by atoms with Crippen molar-refractivity contribution >= 4 is 39.5 Å². The highest BCUT2D eigenvalue weighted by Gasteiger charge is 2.19. The highest BCUT2D eigenvalue weighted by atomic mass is 32.1. The Labute approximate surface area is 217 Å². The van der Waals surface area contributed by atoms with E-state index >= 15 is 0 Å². The number of imidazole rings is 1. The molecule has 0 aliphatic rings. The fraction of sp³-hybridized carbons (Fsp3) is 0.0345. The molecule has 2 N–H and O–H groups in total. The van der Waals surface area contributed by atoms with Crippen LogP contribution < -0.4 is 10.6 Å². The molecular formula is C29H22N6OS. The van der Waals surface area contributed by atoms with Crippen LogP contribution in [0, 0.1) is 6.92 Å². The van der Waals surface area contributed by atoms with Crippen molar-refractivity contribution in [3.05, 3.63) is 114 Å². The number of benzene rings is 3. The lowest BCUT2D eigenvalue weighted by Gasteiger charge is -2.10. The number of amides is 1. The number of carbonyl (C=O) groups is 1. The second-order valence-corrected chi connectivity index (χ2v) is 9.40. The third-order valence-electron chi connectivity index (χ3n) is 5.86. The molecule has 180 valence electrons. The molecule has 1 amide bonds. The Morgan fingerprint density at radius 1 is 0.892 bits per heavy atom. The molecule has 6 aromatic rings. The molecule has 3 heterocycles. The fourth-order valence-electron chi connectivity index (χ4n) is 4.17. The lowest BCUT2D eigenvalue weighted by Crippen LogP contribution is -2.11. The first-order valence-electron chi connectivity index (χ1n) is 11.7. The first kappa shape index (κ1) is 22.6. The quantitative estimate of drug-likeness (QED) is 0.261. The van der Waals surface area contributed by atoms with Gasteiger partial charge in [-0.1, -0.05) is 42.5 Å². The van der Waals surface area contributed by atoms with E-state index in [4.69, 9.17) is 9.97 Å². The SMILES string of the molecule is Cc1cccc(Nc2nccc(-c3c(-c4cccc(NC(=O)c5ccccc5)c4)nc4sccn34)n2)c1. The summed E-state index contributed by atoms with van der Waals surface area (Å²) in [5.41, 5.74) is 6.63. The summed E-state index contributed by atoms with van der Waals surface area (Å²) in [6, 6.07) is 26.8. The maximum atomic E-state index is 12.7. The lowest BCUT2D eigenvalue weighted by atomic mass is 10.1. The minimum atomic E-state index is -0.161. The van der Waals surface area contributed by atoms with Gasteiger partial charge in [0, 0.05) is 40.3 Å². The van der Waals surface area contributed by atoms with Crippen molar-refractivity contribution in [2.75, 3.05) is 10.6 Å². The number of fused-ring (bicyclic) bond motifs is 1. The van der Waals surface area contributed by atoms with Crippen LogP contribution in [-0.2, 0) is 0 Å². The summed E-state index contributed by atoms with van der Waals surface area (Å²) in [6.07, 6.45) is 3.73. The number of hydrogen-bond donors (Lipinski definition) is 2. The summed E-state index contributed by atoms with van der Waals surface area (Å²) in [5, 5.41) is 8.29. The van der Waals surface area contributed by atoms with E-state index in [1.54, 1.807) is 29.7 Å². The van der Waals surface area contributed by atoms with Gasteiger partial charge in [0.25, 0.3) is 5.91 Å². The van der Waals surface area contributed by atoms with E-state index in [9.17, 15) is 4.79 Å². The summed E-state index contributed by atoms with van der Waals surface area (Å²) >= 11 is 1.56. The van der Waals surface area contributed by atoms with Crippen LogP contribution in [0.3, 0.4) is 0 Å². The molecule has 0 saturated heterocycles. The predicted molar refractivity (Wildman–Crippen MR) is 148 cm³/mol. The number of nitrogens with one attached hydrogen (secondary N) is 2. The third-order valence-corrected chi connectivity index (χ3v) is 6.62. The number of aryl methyl sites for hydroxylation is 1. The number of hydrogen-bond acceptors (Lipinski definition) is 6. The molecule has 0 aliphatic carbocycles. The highest BCUT2D eigenvalue weighted by molar-refractivity contribution is 7.15. The Balaban J connectivity index is 1.37. The summed E-state index contributed by atoms with van der Waals surface area (Å²) in [5.74, 6) is 0.342. The van der Waals surface area contributed by atoms with E-state index < -0.39 is 0 Å². The van der Waals surface area contributed by atoms with Gasteiger partial charge in [-0.05, 0) is 55.0 Å². The van der Waals surface area contributed by atoms with Gasteiger partial charge in [0.2, 0.25) is 5.95 Å². The Hall–Kier alpha value is -4.82. The van der Waals surface area contributed by atoms with Crippen molar-refractivity contribution in [1.29, 1.82) is 0 Å². The number of thiazole rings is 1. The molecule has 0 bridgehead atoms. The Kier molecular flexibility index (Phi) is 5.92. The molecule has 8 heteroatoms. The van der Waals surface area contributed by atoms with Gasteiger partial charge in [-0.3, -0.25) is 9.20 Å². The van der Waals surface area contributed by atoms with Gasteiger partial charge in [0.15, 0.2) is 4.96 Å². The van der Waals surface area contributed by atoms with E-state index in [0.29, 0.717) is 17.2 Å². The number of rotatable bonds is 6. The van der Waals surface area contributed by atoms with Crippen LogP contribution in [0.1, 0.15) is 15.9 Å². The van der Waals surface area contributed by atoms with Crippen LogP contribution in [0.25, 0.3) is 27.6 Å². The fourth-order valence-corrected chi connectivity index (χ4v) is 4.89. The Morgan fingerprint density at radius 3 is 2.59 bits per heavy atom. The van der Waals surface area contributed by atoms with Crippen LogP contribution in [0.5, 0.6) is 0 Å². The summed E-state index contributed by atoms with van der Waals surface area (Å²) in [6.45, 7) is 2.05. The molecule has 37 heavy (non-hydrogen) atoms. The van der Waals surface area contributed by atoms with Crippen LogP contribution >= 0.6 is 11.3 Å². The normalized spacial score (nSPS) is 10.9. The first-order valence-corrected chi connectivity index (χ1v) is 12.6. The van der Waals surface area contributed by atoms with Gasteiger partial charge < -0.3 is 10.6 Å². The molecule has 0 unspecified atom stereocenters. The number of nitrogens with zero attached hydrogens (tertiary/aromatic N) is 4. The van der Waals surface area contributed by atoms with Gasteiger partial charge in [0.05, 0.1) is 11.4 Å². The van der Waals surface area contributed by atoms with Gasteiger partial charge >= 0.3 is 0 Å². The average Bonchev–Trinajstić information content (AvgIpc) is 3.51. The van der Waals surface area contributed by atoms with Crippen LogP contribution in [0.4, 0.5) is 17.3 Å². The van der Waals surface area contributed by atoms with Crippen LogP contribution in [0.15, 0.2) is 103 Å². The molecule has 3 aromatic heterocycles. The highest BCUT2D eigenvalue weighted by Crippen LogP contribution is 2.34. The second-order valence-electron chi connectivity index (χ2n) is 8.53. The zero-order valence-corrected chi connectivity index (χ0v) is 20.7. The molecule has 0 spiro atoms. The van der Waals surface area contributed by atoms with E-state index in [1.165, 1.54) is 0 Å². The third kappa shape index (κ3) is 4.70. The van der Waals surface area contributed by atoms with E-state index in [1.807, 2.05) is 95.7 Å². The smallest absolute Gasteiger partial charge is 0.255 e. The summed E-state index contributed by atoms with van der Waals surface area (Å²) in [4.78, 5) is 27.7. The van der Waals surface area contributed by atoms with Crippen molar-refractivity contribution in [3.63, 3.8) is 0 Å². The van der Waals surface area contributed by atoms with Gasteiger partial charge in [-0.15, -0.1) is 11.3 Å². The monoisotopic (exact) mass is 502 g/mol. The Morgan fingerprint density at radius 2 is 1.73 bits per heavy atom. The average molecular weight is 503 g/mol. The van der Waals surface area contributed by atoms with Crippen LogP contribution in [-0.4, -0.2) is 25.3 Å².